The molecule has 0 radical (unpaired) electrons. The molecule has 1 N–H and O–H groups in total. The number of hydrogen-bond acceptors (Lipinski definition) is 3. The van der Waals surface area contributed by atoms with E-state index < -0.39 is 12.2 Å². The molecule has 1 aromatic carbocycles. The quantitative estimate of drug-likeness (QED) is 0.421. The topological polar surface area (TPSA) is 51.2 Å². The molecule has 0 bridgehead atoms. The van der Waals surface area contributed by atoms with Gasteiger partial charge in [0.15, 0.2) is 5.96 Å². The molecule has 2 aliphatic rings. The lowest BCUT2D eigenvalue weighted by Crippen LogP contribution is -2.56. The van der Waals surface area contributed by atoms with Crippen molar-refractivity contribution in [1.29, 1.82) is 0 Å². The summed E-state index contributed by atoms with van der Waals surface area (Å²) < 4.78 is 38.8. The van der Waals surface area contributed by atoms with Crippen molar-refractivity contribution in [3.63, 3.8) is 0 Å². The third-order valence-corrected chi connectivity index (χ3v) is 5.97. The average Bonchev–Trinajstić information content (AvgIpc) is 3.19. The number of carbonyl (C=O) groups excluding carboxylic acids is 1. The van der Waals surface area contributed by atoms with Gasteiger partial charge in [-0.15, -0.1) is 0 Å². The maximum atomic E-state index is 12.9. The first-order valence-corrected chi connectivity index (χ1v) is 11.0. The van der Waals surface area contributed by atoms with E-state index in [-0.39, 0.29) is 5.91 Å². The summed E-state index contributed by atoms with van der Waals surface area (Å²) >= 11 is 0. The molecule has 1 atom stereocenters. The molecular formula is C22H32F3N5O. The number of nitrogens with zero attached hydrogens (tertiary/aromatic N) is 4. The zero-order valence-electron chi connectivity index (χ0n) is 18.3. The number of benzene rings is 1. The Balaban J connectivity index is 1.44. The highest BCUT2D eigenvalue weighted by molar-refractivity contribution is 5.80. The van der Waals surface area contributed by atoms with Crippen LogP contribution in [0.2, 0.25) is 0 Å². The molecule has 172 valence electrons. The second-order valence-corrected chi connectivity index (χ2v) is 8.10. The molecule has 6 nitrogen and oxygen atoms in total. The third kappa shape index (κ3) is 6.12. The number of guanidine groups is 1. The van der Waals surface area contributed by atoms with E-state index in [1.807, 2.05) is 28.9 Å². The Kier molecular flexibility index (Phi) is 7.80. The number of nitrogens with one attached hydrogen (secondary N) is 1. The monoisotopic (exact) mass is 439 g/mol. The lowest BCUT2D eigenvalue weighted by Gasteiger charge is -2.39. The lowest BCUT2D eigenvalue weighted by atomic mass is 10.1. The Morgan fingerprint density at radius 3 is 2.26 bits per heavy atom. The number of aliphatic imine (C=N–C) groups is 1. The van der Waals surface area contributed by atoms with E-state index in [1.165, 1.54) is 23.0 Å². The summed E-state index contributed by atoms with van der Waals surface area (Å²) in [4.78, 5) is 22.5. The fourth-order valence-electron chi connectivity index (χ4n) is 4.04. The molecule has 31 heavy (non-hydrogen) atoms. The van der Waals surface area contributed by atoms with Gasteiger partial charge >= 0.3 is 6.18 Å². The molecule has 2 heterocycles. The predicted molar refractivity (Wildman–Crippen MR) is 115 cm³/mol. The number of fused-ring (bicyclic) bond motifs is 1. The molecule has 0 aromatic heterocycles. The number of alkyl halides is 3. The maximum absolute atomic E-state index is 12.9. The van der Waals surface area contributed by atoms with Crippen LogP contribution >= 0.6 is 0 Å². The smallest absolute Gasteiger partial charge is 0.357 e. The van der Waals surface area contributed by atoms with Crippen LogP contribution in [0.4, 0.5) is 13.2 Å². The normalized spacial score (nSPS) is 18.8. The number of carbonyl (C=O) groups is 1. The van der Waals surface area contributed by atoms with Crippen LogP contribution in [0.3, 0.4) is 0 Å². The molecule has 2 aliphatic heterocycles. The number of halogens is 3. The van der Waals surface area contributed by atoms with Gasteiger partial charge in [-0.1, -0.05) is 24.3 Å². The fourth-order valence-corrected chi connectivity index (χ4v) is 4.04. The molecule has 0 saturated carbocycles. The van der Waals surface area contributed by atoms with E-state index in [4.69, 9.17) is 0 Å². The fraction of sp³-hybridized carbons (Fsp3) is 0.636. The van der Waals surface area contributed by atoms with Crippen LogP contribution in [0.5, 0.6) is 0 Å². The van der Waals surface area contributed by atoms with Crippen molar-refractivity contribution in [3.05, 3.63) is 35.4 Å². The van der Waals surface area contributed by atoms with E-state index in [9.17, 15) is 18.0 Å². The molecule has 3 rings (SSSR count). The Bertz CT molecular complexity index is 750. The molecular weight excluding hydrogens is 407 g/mol. The van der Waals surface area contributed by atoms with Gasteiger partial charge in [-0.2, -0.15) is 13.2 Å². The average molecular weight is 440 g/mol. The van der Waals surface area contributed by atoms with E-state index in [0.717, 1.165) is 0 Å². The van der Waals surface area contributed by atoms with Crippen molar-refractivity contribution >= 4 is 11.9 Å². The van der Waals surface area contributed by atoms with Crippen molar-refractivity contribution in [2.75, 3.05) is 39.3 Å². The first-order valence-electron chi connectivity index (χ1n) is 11.0. The molecule has 0 aliphatic carbocycles. The minimum Gasteiger partial charge on any atom is -0.357 e. The van der Waals surface area contributed by atoms with Gasteiger partial charge in [-0.3, -0.25) is 14.7 Å². The molecule has 1 unspecified atom stereocenters. The molecule has 1 saturated heterocycles. The third-order valence-electron chi connectivity index (χ3n) is 5.97. The largest absolute Gasteiger partial charge is 0.403 e. The van der Waals surface area contributed by atoms with Gasteiger partial charge in [0.2, 0.25) is 5.91 Å². The van der Waals surface area contributed by atoms with Gasteiger partial charge in [-0.25, -0.2) is 0 Å². The highest BCUT2D eigenvalue weighted by atomic mass is 19.4. The first kappa shape index (κ1) is 23.4. The van der Waals surface area contributed by atoms with E-state index in [2.05, 4.69) is 22.4 Å². The number of rotatable bonds is 6. The summed E-state index contributed by atoms with van der Waals surface area (Å²) in [6.45, 7) is 7.39. The summed E-state index contributed by atoms with van der Waals surface area (Å²) in [6, 6.07) is 6.67. The van der Waals surface area contributed by atoms with Gasteiger partial charge in [0.05, 0.1) is 0 Å². The second kappa shape index (κ2) is 10.3. The molecule has 1 fully saturated rings. The minimum atomic E-state index is -4.20. The van der Waals surface area contributed by atoms with Gasteiger partial charge in [0.25, 0.3) is 0 Å². The zero-order chi connectivity index (χ0) is 22.4. The Hall–Kier alpha value is -2.29. The highest BCUT2D eigenvalue weighted by Gasteiger charge is 2.41. The van der Waals surface area contributed by atoms with Crippen LogP contribution in [0.25, 0.3) is 0 Å². The van der Waals surface area contributed by atoms with Crippen LogP contribution in [0.15, 0.2) is 29.3 Å². The summed E-state index contributed by atoms with van der Waals surface area (Å²) in [5, 5.41) is 3.22. The number of hydrogen-bond donors (Lipinski definition) is 1. The van der Waals surface area contributed by atoms with Gasteiger partial charge in [0, 0.05) is 58.8 Å². The van der Waals surface area contributed by atoms with E-state index in [1.54, 1.807) is 0 Å². The van der Waals surface area contributed by atoms with Crippen molar-refractivity contribution < 1.29 is 18.0 Å². The summed E-state index contributed by atoms with van der Waals surface area (Å²) in [6.07, 6.45) is -3.12. The number of amides is 1. The molecule has 0 spiro atoms. The lowest BCUT2D eigenvalue weighted by molar-refractivity contribution is -0.181. The van der Waals surface area contributed by atoms with Crippen LogP contribution in [0.1, 0.15) is 37.8 Å². The predicted octanol–water partition coefficient (Wildman–Crippen LogP) is 2.84. The first-order chi connectivity index (χ1) is 14.8. The summed E-state index contributed by atoms with van der Waals surface area (Å²) in [5.74, 6) is 0.842. The van der Waals surface area contributed by atoms with Gasteiger partial charge in [-0.05, 0) is 31.4 Å². The highest BCUT2D eigenvalue weighted by Crippen LogP contribution is 2.25. The van der Waals surface area contributed by atoms with Crippen molar-refractivity contribution in [3.8, 4) is 0 Å². The van der Waals surface area contributed by atoms with Gasteiger partial charge < -0.3 is 15.1 Å². The SMILES string of the molecule is CCNC(=NCCCC(=O)N1Cc2ccccc2C1)N1CCN(C(C)C(F)(F)F)CC1. The molecule has 1 aromatic rings. The number of piperazine rings is 1. The van der Waals surface area contributed by atoms with Crippen LogP contribution in [0, 0.1) is 0 Å². The minimum absolute atomic E-state index is 0.131. The van der Waals surface area contributed by atoms with Crippen molar-refractivity contribution in [1.82, 2.24) is 20.0 Å². The second-order valence-electron chi connectivity index (χ2n) is 8.10. The van der Waals surface area contributed by atoms with Crippen molar-refractivity contribution in [2.24, 2.45) is 4.99 Å². The molecule has 1 amide bonds. The Morgan fingerprint density at radius 1 is 1.10 bits per heavy atom. The molecule has 9 heteroatoms. The Labute approximate surface area is 182 Å². The summed E-state index contributed by atoms with van der Waals surface area (Å²) in [5.41, 5.74) is 2.42. The van der Waals surface area contributed by atoms with E-state index in [0.29, 0.717) is 71.2 Å². The van der Waals surface area contributed by atoms with Crippen LogP contribution < -0.4 is 5.32 Å². The Morgan fingerprint density at radius 2 is 1.71 bits per heavy atom. The van der Waals surface area contributed by atoms with Crippen LogP contribution in [-0.2, 0) is 17.9 Å². The van der Waals surface area contributed by atoms with Gasteiger partial charge in [0.1, 0.15) is 6.04 Å². The standard InChI is InChI=1S/C22H32F3N5O/c1-3-26-21(29-13-11-28(12-14-29)17(2)22(23,24)25)27-10-6-9-20(31)30-15-18-7-4-5-8-19(18)16-30/h4-5,7-8,17H,3,6,9-16H2,1-2H3,(H,26,27). The maximum Gasteiger partial charge on any atom is 0.403 e. The van der Waals surface area contributed by atoms with Crippen molar-refractivity contribution in [2.45, 2.75) is 52.0 Å². The van der Waals surface area contributed by atoms with Crippen LogP contribution in [-0.4, -0.2) is 78.1 Å². The van der Waals surface area contributed by atoms with E-state index >= 15 is 0 Å². The summed E-state index contributed by atoms with van der Waals surface area (Å²) in [7, 11) is 0. The zero-order valence-corrected chi connectivity index (χ0v) is 18.3.